The lowest BCUT2D eigenvalue weighted by Gasteiger charge is -2.32. The quantitative estimate of drug-likeness (QED) is 0.323. The van der Waals surface area contributed by atoms with E-state index in [1.54, 1.807) is 45.0 Å². The van der Waals surface area contributed by atoms with Gasteiger partial charge in [-0.25, -0.2) is 12.8 Å². The summed E-state index contributed by atoms with van der Waals surface area (Å²) in [5, 5.41) is 3.17. The first-order chi connectivity index (χ1) is 19.4. The van der Waals surface area contributed by atoms with Gasteiger partial charge in [0.25, 0.3) is 10.0 Å². The maximum absolute atomic E-state index is 14.0. The van der Waals surface area contributed by atoms with Crippen LogP contribution in [0.15, 0.2) is 71.6 Å². The minimum Gasteiger partial charge on any atom is -0.493 e. The summed E-state index contributed by atoms with van der Waals surface area (Å²) in [4.78, 5) is 28.0. The lowest BCUT2D eigenvalue weighted by Crippen LogP contribution is -2.52. The number of benzene rings is 3. The number of amides is 2. The number of rotatable bonds is 12. The van der Waals surface area contributed by atoms with Gasteiger partial charge in [0.05, 0.1) is 24.8 Å². The highest BCUT2D eigenvalue weighted by atomic mass is 35.5. The summed E-state index contributed by atoms with van der Waals surface area (Å²) in [6, 6.07) is 14.4. The Morgan fingerprint density at radius 2 is 1.59 bits per heavy atom. The number of methoxy groups -OCH3 is 2. The SMILES string of the molecule is COc1ccc(S(=O)(=O)N(CC(=O)N(Cc2ccccc2Cl)[C@@H](C)C(=O)NC(C)C)c2ccc(F)cc2)cc1OC. The minimum absolute atomic E-state index is 0.0477. The van der Waals surface area contributed by atoms with Gasteiger partial charge in [-0.15, -0.1) is 0 Å². The predicted octanol–water partition coefficient (Wildman–Crippen LogP) is 4.63. The molecule has 0 spiro atoms. The van der Waals surface area contributed by atoms with Gasteiger partial charge in [0, 0.05) is 23.7 Å². The fourth-order valence-electron chi connectivity index (χ4n) is 4.04. The minimum atomic E-state index is -4.40. The zero-order valence-corrected chi connectivity index (χ0v) is 25.0. The Kier molecular flexibility index (Phi) is 10.6. The third kappa shape index (κ3) is 7.68. The monoisotopic (exact) mass is 605 g/mol. The molecule has 9 nitrogen and oxygen atoms in total. The average Bonchev–Trinajstić information content (AvgIpc) is 2.94. The number of halogens is 2. The highest BCUT2D eigenvalue weighted by Crippen LogP contribution is 2.32. The highest BCUT2D eigenvalue weighted by molar-refractivity contribution is 7.92. The standard InChI is InChI=1S/C29H33ClFN3O6S/c1-19(2)32-29(36)20(3)33(17-21-8-6-7-9-25(21)30)28(35)18-34(23-12-10-22(31)11-13-23)41(37,38)24-14-15-26(39-4)27(16-24)40-5/h6-16,19-20H,17-18H2,1-5H3,(H,32,36)/t20-/m0/s1. The number of carbonyl (C=O) groups is 2. The normalized spacial score (nSPS) is 12.0. The van der Waals surface area contributed by atoms with Crippen LogP contribution in [0.2, 0.25) is 5.02 Å². The second kappa shape index (κ2) is 13.7. The van der Waals surface area contributed by atoms with Crippen molar-refractivity contribution in [2.45, 2.75) is 44.3 Å². The maximum Gasteiger partial charge on any atom is 0.264 e. The molecule has 2 amide bonds. The first-order valence-corrected chi connectivity index (χ1v) is 14.5. The molecule has 1 N–H and O–H groups in total. The van der Waals surface area contributed by atoms with Gasteiger partial charge in [0.15, 0.2) is 11.5 Å². The fourth-order valence-corrected chi connectivity index (χ4v) is 5.66. The van der Waals surface area contributed by atoms with Crippen molar-refractivity contribution in [3.8, 4) is 11.5 Å². The largest absolute Gasteiger partial charge is 0.493 e. The Balaban J connectivity index is 2.08. The number of nitrogens with one attached hydrogen (secondary N) is 1. The molecule has 3 aromatic rings. The van der Waals surface area contributed by atoms with Crippen molar-refractivity contribution in [3.05, 3.63) is 83.1 Å². The zero-order valence-electron chi connectivity index (χ0n) is 23.4. The van der Waals surface area contributed by atoms with Crippen molar-refractivity contribution in [1.29, 1.82) is 0 Å². The van der Waals surface area contributed by atoms with Crippen molar-refractivity contribution in [1.82, 2.24) is 10.2 Å². The van der Waals surface area contributed by atoms with Crippen LogP contribution in [0.5, 0.6) is 11.5 Å². The lowest BCUT2D eigenvalue weighted by atomic mass is 10.1. The van der Waals surface area contributed by atoms with Crippen molar-refractivity contribution < 1.29 is 31.9 Å². The molecule has 0 bridgehead atoms. The number of carbonyl (C=O) groups excluding carboxylic acids is 2. The van der Waals surface area contributed by atoms with Crippen molar-refractivity contribution in [2.24, 2.45) is 0 Å². The molecule has 220 valence electrons. The average molecular weight is 606 g/mol. The summed E-state index contributed by atoms with van der Waals surface area (Å²) in [5.41, 5.74) is 0.620. The predicted molar refractivity (Wildman–Crippen MR) is 155 cm³/mol. The Morgan fingerprint density at radius 1 is 0.951 bits per heavy atom. The molecule has 0 radical (unpaired) electrons. The number of sulfonamides is 1. The molecule has 41 heavy (non-hydrogen) atoms. The molecule has 0 unspecified atom stereocenters. The van der Waals surface area contributed by atoms with Crippen LogP contribution in [-0.2, 0) is 26.2 Å². The molecule has 0 aromatic heterocycles. The molecule has 1 atom stereocenters. The van der Waals surface area contributed by atoms with Gasteiger partial charge in [-0.1, -0.05) is 29.8 Å². The number of hydrogen-bond acceptors (Lipinski definition) is 6. The van der Waals surface area contributed by atoms with E-state index in [0.717, 1.165) is 16.4 Å². The fraction of sp³-hybridized carbons (Fsp3) is 0.310. The third-order valence-electron chi connectivity index (χ3n) is 6.23. The summed E-state index contributed by atoms with van der Waals surface area (Å²) >= 11 is 6.36. The van der Waals surface area contributed by atoms with E-state index in [-0.39, 0.29) is 28.9 Å². The van der Waals surface area contributed by atoms with Crippen LogP contribution in [0.4, 0.5) is 10.1 Å². The van der Waals surface area contributed by atoms with E-state index in [1.807, 2.05) is 0 Å². The molecular formula is C29H33ClFN3O6S. The molecule has 0 heterocycles. The van der Waals surface area contributed by atoms with E-state index in [1.165, 1.54) is 49.5 Å². The number of anilines is 1. The van der Waals surface area contributed by atoms with Gasteiger partial charge in [0.1, 0.15) is 18.4 Å². The second-order valence-electron chi connectivity index (χ2n) is 9.46. The summed E-state index contributed by atoms with van der Waals surface area (Å²) in [6.45, 7) is 4.38. The molecule has 0 saturated heterocycles. The van der Waals surface area contributed by atoms with E-state index in [9.17, 15) is 22.4 Å². The first kappa shape index (κ1) is 31.7. The summed E-state index contributed by atoms with van der Waals surface area (Å²) < 4.78 is 53.1. The molecule has 0 fully saturated rings. The second-order valence-corrected chi connectivity index (χ2v) is 11.7. The molecular weight excluding hydrogens is 573 g/mol. The number of nitrogens with zero attached hydrogens (tertiary/aromatic N) is 2. The zero-order chi connectivity index (χ0) is 30.3. The number of ether oxygens (including phenoxy) is 2. The molecule has 0 aliphatic rings. The molecule has 0 saturated carbocycles. The van der Waals surface area contributed by atoms with Crippen LogP contribution in [0, 0.1) is 5.82 Å². The van der Waals surface area contributed by atoms with E-state index in [4.69, 9.17) is 21.1 Å². The molecule has 0 aliphatic heterocycles. The molecule has 3 rings (SSSR count). The van der Waals surface area contributed by atoms with Gasteiger partial charge in [0.2, 0.25) is 11.8 Å². The number of hydrogen-bond donors (Lipinski definition) is 1. The van der Waals surface area contributed by atoms with Crippen molar-refractivity contribution >= 4 is 39.1 Å². The summed E-state index contributed by atoms with van der Waals surface area (Å²) in [5.74, 6) is -1.20. The first-order valence-electron chi connectivity index (χ1n) is 12.7. The van der Waals surface area contributed by atoms with E-state index < -0.39 is 40.2 Å². The van der Waals surface area contributed by atoms with Gasteiger partial charge in [-0.3, -0.25) is 13.9 Å². The van der Waals surface area contributed by atoms with Crippen LogP contribution in [0.3, 0.4) is 0 Å². The highest BCUT2D eigenvalue weighted by Gasteiger charge is 2.33. The van der Waals surface area contributed by atoms with Crippen LogP contribution >= 0.6 is 11.6 Å². The van der Waals surface area contributed by atoms with Gasteiger partial charge in [-0.05, 0) is 68.8 Å². The smallest absolute Gasteiger partial charge is 0.264 e. The molecule has 12 heteroatoms. The van der Waals surface area contributed by atoms with Crippen LogP contribution in [-0.4, -0.2) is 58.0 Å². The Morgan fingerprint density at radius 3 is 2.17 bits per heavy atom. The third-order valence-corrected chi connectivity index (χ3v) is 8.37. The summed E-state index contributed by atoms with van der Waals surface area (Å²) in [6.07, 6.45) is 0. The van der Waals surface area contributed by atoms with Gasteiger partial charge >= 0.3 is 0 Å². The Labute approximate surface area is 244 Å². The van der Waals surface area contributed by atoms with E-state index >= 15 is 0 Å². The van der Waals surface area contributed by atoms with Crippen LogP contribution in [0.1, 0.15) is 26.3 Å². The lowest BCUT2D eigenvalue weighted by molar-refractivity contribution is -0.139. The maximum atomic E-state index is 14.0. The topological polar surface area (TPSA) is 105 Å². The Hall–Kier alpha value is -3.83. The van der Waals surface area contributed by atoms with Gasteiger partial charge in [-0.2, -0.15) is 0 Å². The van der Waals surface area contributed by atoms with Gasteiger partial charge < -0.3 is 19.7 Å². The molecule has 3 aromatic carbocycles. The Bertz CT molecular complexity index is 1480. The van der Waals surface area contributed by atoms with Crippen LogP contribution in [0.25, 0.3) is 0 Å². The van der Waals surface area contributed by atoms with E-state index in [0.29, 0.717) is 16.3 Å². The van der Waals surface area contributed by atoms with E-state index in [2.05, 4.69) is 5.32 Å². The van der Waals surface area contributed by atoms with Crippen molar-refractivity contribution in [3.63, 3.8) is 0 Å². The molecule has 0 aliphatic carbocycles. The van der Waals surface area contributed by atoms with Crippen LogP contribution < -0.4 is 19.1 Å². The summed E-state index contributed by atoms with van der Waals surface area (Å²) in [7, 11) is -1.61. The van der Waals surface area contributed by atoms with Crippen molar-refractivity contribution in [2.75, 3.05) is 25.1 Å².